The summed E-state index contributed by atoms with van der Waals surface area (Å²) in [6.07, 6.45) is 1.00. The van der Waals surface area contributed by atoms with E-state index in [2.05, 4.69) is 29.6 Å². The monoisotopic (exact) mass is 311 g/mol. The summed E-state index contributed by atoms with van der Waals surface area (Å²) in [5.41, 5.74) is 2.53. The smallest absolute Gasteiger partial charge is 0.119 e. The van der Waals surface area contributed by atoms with Crippen LogP contribution in [0.15, 0.2) is 48.5 Å². The third-order valence-electron chi connectivity index (χ3n) is 2.97. The Morgan fingerprint density at radius 2 is 1.80 bits per heavy atom. The predicted molar refractivity (Wildman–Crippen MR) is 87.1 cm³/mol. The molecule has 0 radical (unpaired) electrons. The molecule has 4 heteroatoms. The molecular weight excluding hydrogens is 293 g/mol. The molecule has 0 saturated carbocycles. The molecule has 2 aromatic rings. The van der Waals surface area contributed by atoms with Crippen LogP contribution in [0, 0.1) is 0 Å². The summed E-state index contributed by atoms with van der Waals surface area (Å²) in [4.78, 5) is 0. The largest absolute Gasteiger partial charge is 0.497 e. The summed E-state index contributed by atoms with van der Waals surface area (Å²) in [6.45, 7) is 1.80. The lowest BCUT2D eigenvalue weighted by Crippen LogP contribution is -2.16. The Morgan fingerprint density at radius 3 is 2.50 bits per heavy atom. The van der Waals surface area contributed by atoms with Gasteiger partial charge in [0, 0.05) is 11.6 Å². The van der Waals surface area contributed by atoms with Gasteiger partial charge in [-0.1, -0.05) is 35.9 Å². The van der Waals surface area contributed by atoms with Crippen molar-refractivity contribution in [2.24, 2.45) is 0 Å². The fraction of sp³-hybridized carbons (Fsp3) is 0.250. The molecule has 0 aliphatic rings. The highest BCUT2D eigenvalue weighted by atomic mass is 35.5. The van der Waals surface area contributed by atoms with Crippen molar-refractivity contribution in [3.8, 4) is 5.75 Å². The first-order chi connectivity index (χ1) is 9.28. The molecule has 108 valence electrons. The van der Waals surface area contributed by atoms with Gasteiger partial charge in [0.15, 0.2) is 0 Å². The molecule has 0 saturated heterocycles. The minimum absolute atomic E-state index is 0. The highest BCUT2D eigenvalue weighted by Crippen LogP contribution is 2.12. The average molecular weight is 312 g/mol. The Morgan fingerprint density at radius 1 is 1.05 bits per heavy atom. The van der Waals surface area contributed by atoms with Crippen LogP contribution in [0.4, 0.5) is 0 Å². The van der Waals surface area contributed by atoms with Crippen LogP contribution in [0.5, 0.6) is 5.75 Å². The van der Waals surface area contributed by atoms with Gasteiger partial charge in [-0.05, 0) is 48.4 Å². The van der Waals surface area contributed by atoms with E-state index in [4.69, 9.17) is 16.3 Å². The number of hydrogen-bond donors (Lipinski definition) is 1. The molecule has 2 aromatic carbocycles. The standard InChI is InChI=1S/C16H18ClNO.ClH/c1-19-16-4-2-3-14(11-16)12-18-10-9-13-5-7-15(17)8-6-13;/h2-8,11,18H,9-10,12H2,1H3;1H. The molecule has 0 aliphatic heterocycles. The Hall–Kier alpha value is -1.22. The molecule has 0 aliphatic carbocycles. The van der Waals surface area contributed by atoms with Gasteiger partial charge in [-0.25, -0.2) is 0 Å². The first-order valence-electron chi connectivity index (χ1n) is 6.36. The average Bonchev–Trinajstić information content (AvgIpc) is 2.46. The predicted octanol–water partition coefficient (Wildman–Crippen LogP) is 4.10. The van der Waals surface area contributed by atoms with Gasteiger partial charge in [0.25, 0.3) is 0 Å². The zero-order chi connectivity index (χ0) is 13.5. The second kappa shape index (κ2) is 8.85. The van der Waals surface area contributed by atoms with E-state index in [1.54, 1.807) is 7.11 Å². The van der Waals surface area contributed by atoms with Crippen LogP contribution in [0.1, 0.15) is 11.1 Å². The van der Waals surface area contributed by atoms with Gasteiger partial charge >= 0.3 is 0 Å². The van der Waals surface area contributed by atoms with Crippen LogP contribution < -0.4 is 10.1 Å². The number of benzene rings is 2. The van der Waals surface area contributed by atoms with Gasteiger partial charge in [-0.2, -0.15) is 0 Å². The molecule has 0 fully saturated rings. The van der Waals surface area contributed by atoms with Gasteiger partial charge in [0.2, 0.25) is 0 Å². The number of rotatable bonds is 6. The zero-order valence-corrected chi connectivity index (χ0v) is 13.0. The van der Waals surface area contributed by atoms with Crippen molar-refractivity contribution in [2.75, 3.05) is 13.7 Å². The van der Waals surface area contributed by atoms with Crippen molar-refractivity contribution in [2.45, 2.75) is 13.0 Å². The second-order valence-electron chi connectivity index (χ2n) is 4.40. The molecule has 0 aromatic heterocycles. The van der Waals surface area contributed by atoms with Crippen LogP contribution in [0.25, 0.3) is 0 Å². The highest BCUT2D eigenvalue weighted by Gasteiger charge is 1.97. The Labute approximate surface area is 131 Å². The molecule has 2 rings (SSSR count). The van der Waals surface area contributed by atoms with E-state index in [-0.39, 0.29) is 12.4 Å². The summed E-state index contributed by atoms with van der Waals surface area (Å²) < 4.78 is 5.20. The van der Waals surface area contributed by atoms with Crippen LogP contribution in [0.3, 0.4) is 0 Å². The lowest BCUT2D eigenvalue weighted by atomic mass is 10.1. The third-order valence-corrected chi connectivity index (χ3v) is 3.22. The second-order valence-corrected chi connectivity index (χ2v) is 4.84. The van der Waals surface area contributed by atoms with E-state index < -0.39 is 0 Å². The first-order valence-corrected chi connectivity index (χ1v) is 6.74. The maximum absolute atomic E-state index is 5.85. The Bertz CT molecular complexity index is 514. The SMILES string of the molecule is COc1cccc(CNCCc2ccc(Cl)cc2)c1.Cl. The van der Waals surface area contributed by atoms with Crippen molar-refractivity contribution in [3.63, 3.8) is 0 Å². The summed E-state index contributed by atoms with van der Waals surface area (Å²) >= 11 is 5.85. The molecule has 20 heavy (non-hydrogen) atoms. The summed E-state index contributed by atoms with van der Waals surface area (Å²) in [5, 5.41) is 4.21. The van der Waals surface area contributed by atoms with E-state index in [1.165, 1.54) is 11.1 Å². The van der Waals surface area contributed by atoms with Gasteiger partial charge in [0.1, 0.15) is 5.75 Å². The van der Waals surface area contributed by atoms with E-state index >= 15 is 0 Å². The molecule has 0 heterocycles. The zero-order valence-electron chi connectivity index (χ0n) is 11.4. The fourth-order valence-electron chi connectivity index (χ4n) is 1.90. The lowest BCUT2D eigenvalue weighted by Gasteiger charge is -2.07. The van der Waals surface area contributed by atoms with Crippen molar-refractivity contribution < 1.29 is 4.74 Å². The van der Waals surface area contributed by atoms with Crippen LogP contribution in [-0.4, -0.2) is 13.7 Å². The molecule has 1 N–H and O–H groups in total. The van der Waals surface area contributed by atoms with Crippen molar-refractivity contribution in [1.82, 2.24) is 5.32 Å². The normalized spacial score (nSPS) is 9.90. The summed E-state index contributed by atoms with van der Waals surface area (Å²) in [7, 11) is 1.69. The summed E-state index contributed by atoms with van der Waals surface area (Å²) in [6, 6.07) is 16.1. The van der Waals surface area contributed by atoms with Gasteiger partial charge in [-0.15, -0.1) is 12.4 Å². The Kier molecular flexibility index (Phi) is 7.45. The lowest BCUT2D eigenvalue weighted by molar-refractivity contribution is 0.414. The van der Waals surface area contributed by atoms with Gasteiger partial charge < -0.3 is 10.1 Å². The fourth-order valence-corrected chi connectivity index (χ4v) is 2.02. The Balaban J connectivity index is 0.00000200. The number of nitrogens with one attached hydrogen (secondary N) is 1. The number of halogens is 2. The maximum Gasteiger partial charge on any atom is 0.119 e. The van der Waals surface area contributed by atoms with Crippen molar-refractivity contribution >= 4 is 24.0 Å². The van der Waals surface area contributed by atoms with E-state index in [0.29, 0.717) is 0 Å². The van der Waals surface area contributed by atoms with Crippen LogP contribution in [-0.2, 0) is 13.0 Å². The van der Waals surface area contributed by atoms with E-state index in [1.807, 2.05) is 24.3 Å². The molecule has 2 nitrogen and oxygen atoms in total. The molecule has 0 atom stereocenters. The highest BCUT2D eigenvalue weighted by molar-refractivity contribution is 6.30. The molecule has 0 amide bonds. The molecule has 0 spiro atoms. The van der Waals surface area contributed by atoms with Crippen molar-refractivity contribution in [1.29, 1.82) is 0 Å². The molecule has 0 unspecified atom stereocenters. The van der Waals surface area contributed by atoms with Crippen molar-refractivity contribution in [3.05, 3.63) is 64.7 Å². The minimum atomic E-state index is 0. The van der Waals surface area contributed by atoms with E-state index in [9.17, 15) is 0 Å². The molecule has 0 bridgehead atoms. The molecular formula is C16H19Cl2NO. The maximum atomic E-state index is 5.85. The third kappa shape index (κ3) is 5.41. The topological polar surface area (TPSA) is 21.3 Å². The van der Waals surface area contributed by atoms with E-state index in [0.717, 1.165) is 30.3 Å². The van der Waals surface area contributed by atoms with Crippen LogP contribution in [0.2, 0.25) is 5.02 Å². The number of ether oxygens (including phenoxy) is 1. The van der Waals surface area contributed by atoms with Crippen LogP contribution >= 0.6 is 24.0 Å². The minimum Gasteiger partial charge on any atom is -0.497 e. The summed E-state index contributed by atoms with van der Waals surface area (Å²) in [5.74, 6) is 0.900. The quantitative estimate of drug-likeness (QED) is 0.811. The number of methoxy groups -OCH3 is 1. The number of hydrogen-bond acceptors (Lipinski definition) is 2. The van der Waals surface area contributed by atoms with Gasteiger partial charge in [-0.3, -0.25) is 0 Å². The first kappa shape index (κ1) is 16.8. The van der Waals surface area contributed by atoms with Gasteiger partial charge in [0.05, 0.1) is 7.11 Å².